The highest BCUT2D eigenvalue weighted by molar-refractivity contribution is 7.99. The predicted octanol–water partition coefficient (Wildman–Crippen LogP) is 4.28. The number of nitrogens with one attached hydrogen (secondary N) is 1. The van der Waals surface area contributed by atoms with E-state index in [0.717, 1.165) is 11.3 Å². The van der Waals surface area contributed by atoms with Crippen LogP contribution in [0, 0.1) is 0 Å². The molecule has 0 bridgehead atoms. The highest BCUT2D eigenvalue weighted by Gasteiger charge is 2.16. The topological polar surface area (TPSA) is 75.9 Å². The maximum absolute atomic E-state index is 9.54. The molecule has 0 saturated heterocycles. The number of anilines is 2. The minimum Gasteiger partial charge on any atom is -0.393 e. The number of rotatable bonds is 6. The molecule has 0 amide bonds. The number of aliphatic hydroxyl groups excluding tert-OH is 1. The SMILES string of the molecule is CC(O)CSc1nc(Nc2cccc(Cl)c2)c2ncn(C(C)C)c2n1. The van der Waals surface area contributed by atoms with Crippen LogP contribution in [-0.4, -0.2) is 36.5 Å². The summed E-state index contributed by atoms with van der Waals surface area (Å²) in [6, 6.07) is 7.67. The summed E-state index contributed by atoms with van der Waals surface area (Å²) < 4.78 is 2.01. The van der Waals surface area contributed by atoms with Crippen LogP contribution in [0.2, 0.25) is 5.02 Å². The fourth-order valence-electron chi connectivity index (χ4n) is 2.32. The summed E-state index contributed by atoms with van der Waals surface area (Å²) in [5, 5.41) is 14.1. The van der Waals surface area contributed by atoms with Gasteiger partial charge < -0.3 is 15.0 Å². The lowest BCUT2D eigenvalue weighted by Gasteiger charge is -2.11. The maximum atomic E-state index is 9.54. The van der Waals surface area contributed by atoms with E-state index in [-0.39, 0.29) is 6.04 Å². The molecule has 3 rings (SSSR count). The number of imidazole rings is 1. The molecule has 2 aromatic heterocycles. The molecule has 132 valence electrons. The van der Waals surface area contributed by atoms with Gasteiger partial charge in [-0.1, -0.05) is 29.4 Å². The molecule has 8 heteroatoms. The lowest BCUT2D eigenvalue weighted by Crippen LogP contribution is -2.06. The molecule has 0 fully saturated rings. The lowest BCUT2D eigenvalue weighted by atomic mass is 10.3. The molecule has 2 heterocycles. The van der Waals surface area contributed by atoms with E-state index in [4.69, 9.17) is 11.6 Å². The Labute approximate surface area is 155 Å². The van der Waals surface area contributed by atoms with Crippen molar-refractivity contribution in [2.75, 3.05) is 11.1 Å². The van der Waals surface area contributed by atoms with Crippen molar-refractivity contribution < 1.29 is 5.11 Å². The monoisotopic (exact) mass is 377 g/mol. The summed E-state index contributed by atoms with van der Waals surface area (Å²) in [7, 11) is 0. The van der Waals surface area contributed by atoms with Gasteiger partial charge in [0.05, 0.1) is 12.4 Å². The van der Waals surface area contributed by atoms with Crippen LogP contribution in [-0.2, 0) is 0 Å². The quantitative estimate of drug-likeness (QED) is 0.493. The predicted molar refractivity (Wildman–Crippen MR) is 103 cm³/mol. The van der Waals surface area contributed by atoms with Crippen molar-refractivity contribution in [2.24, 2.45) is 0 Å². The fourth-order valence-corrected chi connectivity index (χ4v) is 3.21. The molecule has 1 atom stereocenters. The number of aliphatic hydroxyl groups is 1. The molecule has 2 N–H and O–H groups in total. The van der Waals surface area contributed by atoms with Crippen LogP contribution in [0.4, 0.5) is 11.5 Å². The zero-order valence-corrected chi connectivity index (χ0v) is 15.8. The zero-order valence-electron chi connectivity index (χ0n) is 14.3. The summed E-state index contributed by atoms with van der Waals surface area (Å²) in [6.45, 7) is 5.90. The molecule has 0 spiro atoms. The van der Waals surface area contributed by atoms with Gasteiger partial charge in [0.2, 0.25) is 0 Å². The molecule has 0 aliphatic carbocycles. The summed E-state index contributed by atoms with van der Waals surface area (Å²) >= 11 is 7.48. The highest BCUT2D eigenvalue weighted by atomic mass is 35.5. The number of fused-ring (bicyclic) bond motifs is 1. The molecular weight excluding hydrogens is 358 g/mol. The summed E-state index contributed by atoms with van der Waals surface area (Å²) in [5.74, 6) is 1.15. The number of hydrogen-bond donors (Lipinski definition) is 2. The van der Waals surface area contributed by atoms with E-state index in [2.05, 4.69) is 34.1 Å². The van der Waals surface area contributed by atoms with E-state index in [0.29, 0.717) is 27.3 Å². The number of aromatic nitrogens is 4. The largest absolute Gasteiger partial charge is 0.393 e. The van der Waals surface area contributed by atoms with E-state index in [1.807, 2.05) is 28.8 Å². The number of hydrogen-bond acceptors (Lipinski definition) is 6. The van der Waals surface area contributed by atoms with Gasteiger partial charge in [0.1, 0.15) is 0 Å². The first-order chi connectivity index (χ1) is 11.9. The smallest absolute Gasteiger partial charge is 0.191 e. The molecule has 0 saturated carbocycles. The van der Waals surface area contributed by atoms with Crippen molar-refractivity contribution in [1.82, 2.24) is 19.5 Å². The van der Waals surface area contributed by atoms with Crippen LogP contribution in [0.3, 0.4) is 0 Å². The summed E-state index contributed by atoms with van der Waals surface area (Å²) in [4.78, 5) is 13.7. The van der Waals surface area contributed by atoms with Gasteiger partial charge in [-0.05, 0) is 39.0 Å². The first-order valence-electron chi connectivity index (χ1n) is 8.02. The Balaban J connectivity index is 2.05. The number of thioether (sulfide) groups is 1. The van der Waals surface area contributed by atoms with E-state index >= 15 is 0 Å². The third-order valence-corrected chi connectivity index (χ3v) is 4.82. The molecule has 25 heavy (non-hydrogen) atoms. The number of halogens is 1. The molecule has 0 aliphatic heterocycles. The van der Waals surface area contributed by atoms with Gasteiger partial charge in [-0.15, -0.1) is 0 Å². The van der Waals surface area contributed by atoms with Crippen LogP contribution in [0.5, 0.6) is 0 Å². The standard InChI is InChI=1S/C17H20ClN5OS/c1-10(2)23-9-19-14-15(20-13-6-4-5-12(18)7-13)21-17(22-16(14)23)25-8-11(3)24/h4-7,9-11,24H,8H2,1-3H3,(H,20,21,22). The Morgan fingerprint density at radius 3 is 2.76 bits per heavy atom. The average Bonchev–Trinajstić information content (AvgIpc) is 2.97. The van der Waals surface area contributed by atoms with Gasteiger partial charge in [-0.3, -0.25) is 0 Å². The molecule has 1 unspecified atom stereocenters. The second-order valence-electron chi connectivity index (χ2n) is 6.07. The Bertz CT molecular complexity index is 881. The molecule has 0 aliphatic rings. The van der Waals surface area contributed by atoms with Gasteiger partial charge in [0.15, 0.2) is 22.1 Å². The minimum atomic E-state index is -0.427. The van der Waals surface area contributed by atoms with Crippen LogP contribution in [0.25, 0.3) is 11.2 Å². The van der Waals surface area contributed by atoms with Crippen LogP contribution < -0.4 is 5.32 Å². The first kappa shape index (κ1) is 18.0. The number of nitrogens with zero attached hydrogens (tertiary/aromatic N) is 4. The third kappa shape index (κ3) is 4.23. The molecule has 3 aromatic rings. The van der Waals surface area contributed by atoms with E-state index in [1.54, 1.807) is 13.3 Å². The molecule has 6 nitrogen and oxygen atoms in total. The highest BCUT2D eigenvalue weighted by Crippen LogP contribution is 2.28. The van der Waals surface area contributed by atoms with Crippen molar-refractivity contribution in [2.45, 2.75) is 38.1 Å². The average molecular weight is 378 g/mol. The normalized spacial score (nSPS) is 12.7. The Morgan fingerprint density at radius 2 is 2.08 bits per heavy atom. The summed E-state index contributed by atoms with van der Waals surface area (Å²) in [5.41, 5.74) is 2.30. The van der Waals surface area contributed by atoms with Crippen LogP contribution >= 0.6 is 23.4 Å². The molecular formula is C17H20ClN5OS. The minimum absolute atomic E-state index is 0.230. The Kier molecular flexibility index (Phi) is 5.46. The maximum Gasteiger partial charge on any atom is 0.191 e. The second kappa shape index (κ2) is 7.59. The summed E-state index contributed by atoms with van der Waals surface area (Å²) in [6.07, 6.45) is 1.35. The van der Waals surface area contributed by atoms with Crippen molar-refractivity contribution in [3.8, 4) is 0 Å². The van der Waals surface area contributed by atoms with E-state index < -0.39 is 6.10 Å². The zero-order chi connectivity index (χ0) is 18.0. The number of benzene rings is 1. The van der Waals surface area contributed by atoms with Crippen LogP contribution in [0.15, 0.2) is 35.7 Å². The second-order valence-corrected chi connectivity index (χ2v) is 7.49. The van der Waals surface area contributed by atoms with E-state index in [1.165, 1.54) is 11.8 Å². The van der Waals surface area contributed by atoms with Gasteiger partial charge in [0, 0.05) is 22.5 Å². The third-order valence-electron chi connectivity index (χ3n) is 3.50. The Hall–Kier alpha value is -1.83. The van der Waals surface area contributed by atoms with Crippen molar-refractivity contribution in [3.05, 3.63) is 35.6 Å². The van der Waals surface area contributed by atoms with Gasteiger partial charge in [-0.2, -0.15) is 0 Å². The fraction of sp³-hybridized carbons (Fsp3) is 0.353. The van der Waals surface area contributed by atoms with Crippen molar-refractivity contribution >= 4 is 46.0 Å². The Morgan fingerprint density at radius 1 is 1.28 bits per heavy atom. The lowest BCUT2D eigenvalue weighted by molar-refractivity contribution is 0.220. The van der Waals surface area contributed by atoms with Gasteiger partial charge in [-0.25, -0.2) is 15.0 Å². The van der Waals surface area contributed by atoms with Crippen molar-refractivity contribution in [1.29, 1.82) is 0 Å². The van der Waals surface area contributed by atoms with E-state index in [9.17, 15) is 5.11 Å². The first-order valence-corrected chi connectivity index (χ1v) is 9.38. The van der Waals surface area contributed by atoms with Crippen molar-refractivity contribution in [3.63, 3.8) is 0 Å². The molecule has 1 aromatic carbocycles. The van der Waals surface area contributed by atoms with Gasteiger partial charge in [0.25, 0.3) is 0 Å². The van der Waals surface area contributed by atoms with Crippen LogP contribution in [0.1, 0.15) is 26.8 Å². The molecule has 0 radical (unpaired) electrons. The van der Waals surface area contributed by atoms with Gasteiger partial charge >= 0.3 is 0 Å².